The predicted octanol–water partition coefficient (Wildman–Crippen LogP) is 5.57. The van der Waals surface area contributed by atoms with Gasteiger partial charge < -0.3 is 0 Å². The summed E-state index contributed by atoms with van der Waals surface area (Å²) in [6.07, 6.45) is 18.7. The van der Waals surface area contributed by atoms with Crippen molar-refractivity contribution < 1.29 is 0 Å². The van der Waals surface area contributed by atoms with Gasteiger partial charge in [0.05, 0.1) is 0 Å². The first-order valence-electron chi connectivity index (χ1n) is 8.58. The molecule has 3 saturated carbocycles. The van der Waals surface area contributed by atoms with E-state index in [2.05, 4.69) is 28.1 Å². The zero-order chi connectivity index (χ0) is 12.9. The van der Waals surface area contributed by atoms with Crippen LogP contribution in [-0.2, 0) is 0 Å². The molecule has 0 bridgehead atoms. The lowest BCUT2D eigenvalue weighted by atomic mass is 9.51. The number of fused-ring (bicyclic) bond motifs is 5. The first-order valence-corrected chi connectivity index (χ1v) is 9.70. The van der Waals surface area contributed by atoms with Gasteiger partial charge in [-0.3, -0.25) is 0 Å². The molecule has 4 rings (SSSR count). The second kappa shape index (κ2) is 4.90. The average molecular weight is 323 g/mol. The summed E-state index contributed by atoms with van der Waals surface area (Å²) in [7, 11) is 0. The third-order valence-corrected chi connectivity index (χ3v) is 8.27. The SMILES string of the molecule is BrC[C@@]12C=CC[C@H]1[C@@H]1CCC3CCCC[C@@H]3[C@H]1CC2. The predicted molar refractivity (Wildman–Crippen MR) is 84.4 cm³/mol. The molecule has 0 aromatic heterocycles. The Kier molecular flexibility index (Phi) is 3.33. The third kappa shape index (κ3) is 1.90. The van der Waals surface area contributed by atoms with Crippen molar-refractivity contribution in [2.45, 2.75) is 57.8 Å². The summed E-state index contributed by atoms with van der Waals surface area (Å²) >= 11 is 3.84. The van der Waals surface area contributed by atoms with Crippen molar-refractivity contribution in [1.82, 2.24) is 0 Å². The maximum absolute atomic E-state index is 3.84. The minimum atomic E-state index is 0.544. The summed E-state index contributed by atoms with van der Waals surface area (Å²) in [6.45, 7) is 0. The van der Waals surface area contributed by atoms with E-state index < -0.39 is 0 Å². The van der Waals surface area contributed by atoms with Gasteiger partial charge >= 0.3 is 0 Å². The van der Waals surface area contributed by atoms with Crippen LogP contribution in [0.1, 0.15) is 57.8 Å². The summed E-state index contributed by atoms with van der Waals surface area (Å²) in [6, 6.07) is 0. The van der Waals surface area contributed by atoms with Crippen LogP contribution in [0.15, 0.2) is 12.2 Å². The highest BCUT2D eigenvalue weighted by Gasteiger charge is 2.52. The van der Waals surface area contributed by atoms with Gasteiger partial charge in [0.2, 0.25) is 0 Å². The normalized spacial score (nSPS) is 52.4. The van der Waals surface area contributed by atoms with Crippen molar-refractivity contribution in [3.8, 4) is 0 Å². The lowest BCUT2D eigenvalue weighted by molar-refractivity contribution is -0.0381. The Balaban J connectivity index is 1.59. The van der Waals surface area contributed by atoms with Crippen LogP contribution >= 0.6 is 15.9 Å². The van der Waals surface area contributed by atoms with Gasteiger partial charge in [0.15, 0.2) is 0 Å². The van der Waals surface area contributed by atoms with Gasteiger partial charge in [0.1, 0.15) is 0 Å². The molecule has 0 amide bonds. The molecule has 0 saturated heterocycles. The van der Waals surface area contributed by atoms with Crippen LogP contribution in [0.4, 0.5) is 0 Å². The number of rotatable bonds is 1. The minimum absolute atomic E-state index is 0.544. The molecule has 0 radical (unpaired) electrons. The van der Waals surface area contributed by atoms with Crippen LogP contribution in [0.3, 0.4) is 0 Å². The van der Waals surface area contributed by atoms with Crippen LogP contribution in [0, 0.1) is 35.0 Å². The monoisotopic (exact) mass is 322 g/mol. The molecule has 19 heavy (non-hydrogen) atoms. The smallest absolute Gasteiger partial charge is 0.0125 e. The summed E-state index contributed by atoms with van der Waals surface area (Å²) in [5.41, 5.74) is 0.544. The number of hydrogen-bond acceptors (Lipinski definition) is 0. The Labute approximate surface area is 126 Å². The van der Waals surface area contributed by atoms with Crippen LogP contribution in [0.5, 0.6) is 0 Å². The molecule has 0 spiro atoms. The Hall–Kier alpha value is 0.220. The lowest BCUT2D eigenvalue weighted by Gasteiger charge is -2.55. The molecule has 4 aliphatic rings. The van der Waals surface area contributed by atoms with E-state index in [9.17, 15) is 0 Å². The van der Waals surface area contributed by atoms with Crippen LogP contribution in [0.25, 0.3) is 0 Å². The molecule has 0 heterocycles. The maximum atomic E-state index is 3.84. The van der Waals surface area contributed by atoms with Crippen molar-refractivity contribution in [3.63, 3.8) is 0 Å². The fourth-order valence-electron chi connectivity index (χ4n) is 6.35. The van der Waals surface area contributed by atoms with Crippen molar-refractivity contribution >= 4 is 15.9 Å². The molecule has 0 aromatic rings. The van der Waals surface area contributed by atoms with E-state index in [1.165, 1.54) is 37.4 Å². The molecule has 0 nitrogen and oxygen atoms in total. The lowest BCUT2D eigenvalue weighted by Crippen LogP contribution is -2.48. The molecule has 106 valence electrons. The first kappa shape index (κ1) is 12.9. The summed E-state index contributed by atoms with van der Waals surface area (Å²) < 4.78 is 0. The standard InChI is InChI=1S/C18H27Br/c19-12-18-10-3-6-17(18)16-8-7-13-4-1-2-5-14(13)15(16)9-11-18/h3,10,13-17H,1-2,4-9,11-12H2/t13?,14-,15+,16+,17-,18-/m0/s1. The number of halogens is 1. The maximum Gasteiger partial charge on any atom is 0.0125 e. The highest BCUT2D eigenvalue weighted by molar-refractivity contribution is 9.09. The highest BCUT2D eigenvalue weighted by Crippen LogP contribution is 2.61. The van der Waals surface area contributed by atoms with Gasteiger partial charge in [-0.05, 0) is 68.1 Å². The van der Waals surface area contributed by atoms with Gasteiger partial charge in [-0.2, -0.15) is 0 Å². The second-order valence-corrected chi connectivity index (χ2v) is 8.32. The zero-order valence-electron chi connectivity index (χ0n) is 12.0. The van der Waals surface area contributed by atoms with E-state index in [-0.39, 0.29) is 0 Å². The fraction of sp³-hybridized carbons (Fsp3) is 0.889. The Morgan fingerprint density at radius 2 is 1.84 bits per heavy atom. The van der Waals surface area contributed by atoms with E-state index in [1.807, 2.05) is 0 Å². The van der Waals surface area contributed by atoms with Crippen molar-refractivity contribution in [2.75, 3.05) is 5.33 Å². The van der Waals surface area contributed by atoms with Crippen LogP contribution in [0.2, 0.25) is 0 Å². The Bertz CT molecular complexity index is 374. The molecular formula is C18H27Br. The number of alkyl halides is 1. The zero-order valence-corrected chi connectivity index (χ0v) is 13.6. The third-order valence-electron chi connectivity index (χ3n) is 7.23. The van der Waals surface area contributed by atoms with E-state index in [0.717, 1.165) is 29.6 Å². The van der Waals surface area contributed by atoms with E-state index >= 15 is 0 Å². The van der Waals surface area contributed by atoms with Crippen molar-refractivity contribution in [3.05, 3.63) is 12.2 Å². The van der Waals surface area contributed by atoms with Crippen molar-refractivity contribution in [1.29, 1.82) is 0 Å². The van der Waals surface area contributed by atoms with Crippen LogP contribution in [-0.4, -0.2) is 5.33 Å². The number of allylic oxidation sites excluding steroid dienone is 2. The Morgan fingerprint density at radius 3 is 2.74 bits per heavy atom. The molecule has 3 fully saturated rings. The fourth-order valence-corrected chi connectivity index (χ4v) is 7.23. The summed E-state index contributed by atoms with van der Waals surface area (Å²) in [5, 5.41) is 1.21. The molecule has 1 heteroatoms. The second-order valence-electron chi connectivity index (χ2n) is 7.76. The molecule has 0 aliphatic heterocycles. The van der Waals surface area contributed by atoms with Gasteiger partial charge in [-0.15, -0.1) is 0 Å². The van der Waals surface area contributed by atoms with Crippen LogP contribution < -0.4 is 0 Å². The van der Waals surface area contributed by atoms with E-state index in [1.54, 1.807) is 25.7 Å². The quantitative estimate of drug-likeness (QED) is 0.437. The highest BCUT2D eigenvalue weighted by atomic mass is 79.9. The first-order chi connectivity index (χ1) is 9.34. The topological polar surface area (TPSA) is 0 Å². The van der Waals surface area contributed by atoms with Gasteiger partial charge in [-0.25, -0.2) is 0 Å². The molecule has 6 atom stereocenters. The van der Waals surface area contributed by atoms with E-state index in [0.29, 0.717) is 5.41 Å². The molecular weight excluding hydrogens is 296 g/mol. The minimum Gasteiger partial charge on any atom is -0.0919 e. The van der Waals surface area contributed by atoms with Gasteiger partial charge in [-0.1, -0.05) is 47.3 Å². The van der Waals surface area contributed by atoms with Gasteiger partial charge in [0.25, 0.3) is 0 Å². The van der Waals surface area contributed by atoms with Crippen molar-refractivity contribution in [2.24, 2.45) is 35.0 Å². The largest absolute Gasteiger partial charge is 0.0919 e. The van der Waals surface area contributed by atoms with E-state index in [4.69, 9.17) is 0 Å². The van der Waals surface area contributed by atoms with Gasteiger partial charge in [0, 0.05) is 10.7 Å². The molecule has 4 aliphatic carbocycles. The number of hydrogen-bond donors (Lipinski definition) is 0. The molecule has 1 unspecified atom stereocenters. The summed E-state index contributed by atoms with van der Waals surface area (Å²) in [4.78, 5) is 0. The Morgan fingerprint density at radius 1 is 0.947 bits per heavy atom. The summed E-state index contributed by atoms with van der Waals surface area (Å²) in [5.74, 6) is 5.35. The molecule has 0 aromatic carbocycles. The average Bonchev–Trinajstić information content (AvgIpc) is 2.91. The molecule has 0 N–H and O–H groups in total.